The third-order valence-electron chi connectivity index (χ3n) is 1.22. The Balaban J connectivity index is -0.000000213. The van der Waals surface area contributed by atoms with E-state index in [1.807, 2.05) is 0 Å². The van der Waals surface area contributed by atoms with Gasteiger partial charge in [0.2, 0.25) is 0 Å². The lowest BCUT2D eigenvalue weighted by molar-refractivity contribution is 1.40. The summed E-state index contributed by atoms with van der Waals surface area (Å²) in [5.41, 5.74) is 2.66. The number of rotatable bonds is 0. The molecule has 0 bridgehead atoms. The largest absolute Gasteiger partial charge is 0.344 e. The highest BCUT2D eigenvalue weighted by Crippen LogP contribution is 1.99. The topological polar surface area (TPSA) is 35.0 Å². The second-order valence-corrected chi connectivity index (χ2v) is 2.15. The molecule has 0 atom stereocenters. The highest BCUT2D eigenvalue weighted by Gasteiger charge is 1.79. The smallest absolute Gasteiger partial charge is 0.0398 e. The van der Waals surface area contributed by atoms with E-state index in [-0.39, 0.29) is 31.0 Å². The summed E-state index contributed by atoms with van der Waals surface area (Å²) in [4.78, 5) is 0. The average molecular weight is 196 g/mol. The molecule has 0 aliphatic rings. The fourth-order valence-electron chi connectivity index (χ4n) is 0.637. The van der Waals surface area contributed by atoms with E-state index in [2.05, 4.69) is 38.1 Å². The summed E-state index contributed by atoms with van der Waals surface area (Å²) < 4.78 is 0. The molecule has 0 amide bonds. The lowest BCUT2D eigenvalue weighted by Gasteiger charge is -1.90. The molecule has 1 nitrogen and oxygen atoms in total. The molecule has 0 heterocycles. The molecule has 0 aliphatic heterocycles. The molecule has 0 aliphatic carbocycles. The van der Waals surface area contributed by atoms with Crippen LogP contribution < -0.4 is 6.15 Å². The van der Waals surface area contributed by atoms with Crippen LogP contribution in [0, 0.1) is 13.8 Å². The highest BCUT2D eigenvalue weighted by molar-refractivity contribution is 5.85. The normalized spacial score (nSPS) is 6.73. The maximum Gasteiger partial charge on any atom is -0.0398 e. The molecule has 66 valence electrons. The van der Waals surface area contributed by atoms with E-state index in [0.717, 1.165) is 0 Å². The van der Waals surface area contributed by atoms with E-state index in [4.69, 9.17) is 0 Å². The van der Waals surface area contributed by atoms with Gasteiger partial charge >= 0.3 is 0 Å². The van der Waals surface area contributed by atoms with Crippen LogP contribution in [0.15, 0.2) is 24.3 Å². The molecule has 1 aromatic rings. The first kappa shape index (κ1) is 17.0. The zero-order valence-corrected chi connectivity index (χ0v) is 8.47. The van der Waals surface area contributed by atoms with Gasteiger partial charge in [-0.05, 0) is 13.8 Å². The number of halogens is 2. The van der Waals surface area contributed by atoms with Crippen molar-refractivity contribution in [1.82, 2.24) is 6.15 Å². The van der Waals surface area contributed by atoms with Gasteiger partial charge in [0.25, 0.3) is 0 Å². The molecular formula is C8H15Cl2N. The van der Waals surface area contributed by atoms with Crippen molar-refractivity contribution in [2.24, 2.45) is 0 Å². The van der Waals surface area contributed by atoms with Crippen LogP contribution in [-0.2, 0) is 0 Å². The minimum Gasteiger partial charge on any atom is -0.344 e. The zero-order chi connectivity index (χ0) is 5.98. The lowest BCUT2D eigenvalue weighted by atomic mass is 10.2. The molecule has 11 heavy (non-hydrogen) atoms. The summed E-state index contributed by atoms with van der Waals surface area (Å²) >= 11 is 0. The van der Waals surface area contributed by atoms with E-state index >= 15 is 0 Å². The Morgan fingerprint density at radius 1 is 0.727 bits per heavy atom. The minimum atomic E-state index is 0. The van der Waals surface area contributed by atoms with Gasteiger partial charge < -0.3 is 6.15 Å². The SMILES string of the molecule is Cc1ccc(C)cc1.Cl.Cl.N. The van der Waals surface area contributed by atoms with Crippen molar-refractivity contribution < 1.29 is 0 Å². The molecule has 0 spiro atoms. The van der Waals surface area contributed by atoms with E-state index in [0.29, 0.717) is 0 Å². The van der Waals surface area contributed by atoms with Gasteiger partial charge in [0, 0.05) is 0 Å². The van der Waals surface area contributed by atoms with E-state index in [1.54, 1.807) is 0 Å². The molecule has 0 fully saturated rings. The fraction of sp³-hybridized carbons (Fsp3) is 0.250. The minimum absolute atomic E-state index is 0. The van der Waals surface area contributed by atoms with Crippen LogP contribution in [0.25, 0.3) is 0 Å². The average Bonchev–Trinajstić information content (AvgIpc) is 1.77. The second-order valence-electron chi connectivity index (χ2n) is 2.15. The predicted molar refractivity (Wildman–Crippen MR) is 55.4 cm³/mol. The molecule has 1 rings (SSSR count). The maximum absolute atomic E-state index is 2.12. The Bertz CT molecular complexity index is 151. The first-order chi connectivity index (χ1) is 3.79. The van der Waals surface area contributed by atoms with E-state index < -0.39 is 0 Å². The molecule has 1 aromatic carbocycles. The first-order valence-electron chi connectivity index (χ1n) is 2.82. The molecule has 0 saturated carbocycles. The third kappa shape index (κ3) is 6.17. The number of benzene rings is 1. The quantitative estimate of drug-likeness (QED) is 0.678. The number of hydrogen-bond donors (Lipinski definition) is 1. The summed E-state index contributed by atoms with van der Waals surface area (Å²) in [6.07, 6.45) is 0. The van der Waals surface area contributed by atoms with Crippen LogP contribution in [0.4, 0.5) is 0 Å². The van der Waals surface area contributed by atoms with Crippen molar-refractivity contribution in [3.63, 3.8) is 0 Å². The molecule has 3 N–H and O–H groups in total. The second kappa shape index (κ2) is 7.86. The van der Waals surface area contributed by atoms with Gasteiger partial charge in [-0.25, -0.2) is 0 Å². The van der Waals surface area contributed by atoms with Crippen molar-refractivity contribution >= 4 is 24.8 Å². The van der Waals surface area contributed by atoms with Gasteiger partial charge in [0.15, 0.2) is 0 Å². The Labute approximate surface area is 80.6 Å². The lowest BCUT2D eigenvalue weighted by Crippen LogP contribution is -1.70. The van der Waals surface area contributed by atoms with Gasteiger partial charge in [-0.3, -0.25) is 0 Å². The standard InChI is InChI=1S/C8H10.2ClH.H3N/c1-7-3-5-8(2)6-4-7;;;/h3-6H,1-2H3;2*1H;1H3. The van der Waals surface area contributed by atoms with Crippen molar-refractivity contribution in [2.45, 2.75) is 13.8 Å². The Hall–Kier alpha value is -0.240. The van der Waals surface area contributed by atoms with Crippen LogP contribution in [0.3, 0.4) is 0 Å². The van der Waals surface area contributed by atoms with Gasteiger partial charge in [0.1, 0.15) is 0 Å². The van der Waals surface area contributed by atoms with Crippen LogP contribution in [-0.4, -0.2) is 0 Å². The predicted octanol–water partition coefficient (Wildman–Crippen LogP) is 3.31. The van der Waals surface area contributed by atoms with Crippen molar-refractivity contribution in [3.05, 3.63) is 35.4 Å². The van der Waals surface area contributed by atoms with Gasteiger partial charge in [-0.2, -0.15) is 0 Å². The molecule has 3 heteroatoms. The Morgan fingerprint density at radius 3 is 1.09 bits per heavy atom. The Morgan fingerprint density at radius 2 is 0.909 bits per heavy atom. The number of aryl methyl sites for hydroxylation is 2. The third-order valence-corrected chi connectivity index (χ3v) is 1.22. The van der Waals surface area contributed by atoms with Crippen LogP contribution >= 0.6 is 24.8 Å². The Kier molecular flexibility index (Phi) is 12.2. The summed E-state index contributed by atoms with van der Waals surface area (Å²) in [6.45, 7) is 4.19. The van der Waals surface area contributed by atoms with Crippen molar-refractivity contribution in [3.8, 4) is 0 Å². The van der Waals surface area contributed by atoms with Crippen LogP contribution in [0.5, 0.6) is 0 Å². The van der Waals surface area contributed by atoms with Gasteiger partial charge in [-0.1, -0.05) is 35.4 Å². The summed E-state index contributed by atoms with van der Waals surface area (Å²) in [7, 11) is 0. The summed E-state index contributed by atoms with van der Waals surface area (Å²) in [5.74, 6) is 0. The van der Waals surface area contributed by atoms with Gasteiger partial charge in [-0.15, -0.1) is 24.8 Å². The molecule has 0 radical (unpaired) electrons. The monoisotopic (exact) mass is 195 g/mol. The number of hydrogen-bond acceptors (Lipinski definition) is 1. The summed E-state index contributed by atoms with van der Waals surface area (Å²) in [5, 5.41) is 0. The highest BCUT2D eigenvalue weighted by atomic mass is 35.5. The first-order valence-corrected chi connectivity index (χ1v) is 2.82. The van der Waals surface area contributed by atoms with Crippen LogP contribution in [0.2, 0.25) is 0 Å². The van der Waals surface area contributed by atoms with E-state index in [9.17, 15) is 0 Å². The fourth-order valence-corrected chi connectivity index (χ4v) is 0.637. The van der Waals surface area contributed by atoms with Crippen LogP contribution in [0.1, 0.15) is 11.1 Å². The van der Waals surface area contributed by atoms with Crippen molar-refractivity contribution in [2.75, 3.05) is 0 Å². The van der Waals surface area contributed by atoms with E-state index in [1.165, 1.54) is 11.1 Å². The molecule has 0 unspecified atom stereocenters. The summed E-state index contributed by atoms with van der Waals surface area (Å²) in [6, 6.07) is 8.48. The van der Waals surface area contributed by atoms with Crippen molar-refractivity contribution in [1.29, 1.82) is 0 Å². The molecular weight excluding hydrogens is 181 g/mol. The maximum atomic E-state index is 2.12. The zero-order valence-electron chi connectivity index (χ0n) is 6.83. The van der Waals surface area contributed by atoms with Gasteiger partial charge in [0.05, 0.1) is 0 Å². The molecule has 0 aromatic heterocycles. The molecule has 0 saturated heterocycles.